The monoisotopic (exact) mass is 280 g/mol. The molecular weight excluding hydrogens is 264 g/mol. The van der Waals surface area contributed by atoms with E-state index in [9.17, 15) is 4.79 Å². The number of nitrogens with two attached hydrogens (primary N) is 2. The summed E-state index contributed by atoms with van der Waals surface area (Å²) in [4.78, 5) is 18.7. The highest BCUT2D eigenvalue weighted by Crippen LogP contribution is 2.20. The van der Waals surface area contributed by atoms with Gasteiger partial charge >= 0.3 is 0 Å². The van der Waals surface area contributed by atoms with E-state index in [1.54, 1.807) is 0 Å². The third-order valence-corrected chi connectivity index (χ3v) is 2.71. The maximum atomic E-state index is 11.9. The van der Waals surface area contributed by atoms with Gasteiger partial charge in [0.25, 0.3) is 5.56 Å². The van der Waals surface area contributed by atoms with Gasteiger partial charge in [-0.3, -0.25) is 9.78 Å². The molecule has 0 saturated heterocycles. The van der Waals surface area contributed by atoms with E-state index in [2.05, 4.69) is 9.97 Å². The fourth-order valence-corrected chi connectivity index (χ4v) is 1.86. The van der Waals surface area contributed by atoms with Crippen LogP contribution in [-0.4, -0.2) is 16.5 Å². The number of halogens is 1. The van der Waals surface area contributed by atoms with Crippen molar-refractivity contribution in [2.45, 2.75) is 12.8 Å². The Bertz CT molecular complexity index is 583. The summed E-state index contributed by atoms with van der Waals surface area (Å²) in [5, 5.41) is 0. The third-order valence-electron chi connectivity index (χ3n) is 2.71. The first-order valence-electron chi connectivity index (χ1n) is 5.86. The lowest BCUT2D eigenvalue weighted by Crippen LogP contribution is -2.19. The molecule has 6 heteroatoms. The molecule has 0 unspecified atom stereocenters. The zero-order valence-corrected chi connectivity index (χ0v) is 11.2. The first-order chi connectivity index (χ1) is 8.72. The molecule has 1 aromatic heterocycles. The Labute approximate surface area is 117 Å². The summed E-state index contributed by atoms with van der Waals surface area (Å²) in [5.41, 5.74) is 13.1. The lowest BCUT2D eigenvalue weighted by molar-refractivity contribution is 0.818. The van der Waals surface area contributed by atoms with Crippen molar-refractivity contribution in [2.75, 3.05) is 12.3 Å². The molecular formula is C13H17ClN4O. The Kier molecular flexibility index (Phi) is 5.54. The number of hydrogen-bond acceptors (Lipinski definition) is 4. The summed E-state index contributed by atoms with van der Waals surface area (Å²) >= 11 is 0. The molecule has 0 amide bonds. The number of benzene rings is 1. The number of H-pyrrole nitrogens is 1. The first-order valence-corrected chi connectivity index (χ1v) is 5.86. The largest absolute Gasteiger partial charge is 0.369 e. The fraction of sp³-hybridized carbons (Fsp3) is 0.231. The van der Waals surface area contributed by atoms with Crippen molar-refractivity contribution in [3.05, 3.63) is 46.2 Å². The summed E-state index contributed by atoms with van der Waals surface area (Å²) in [6, 6.07) is 9.54. The smallest absolute Gasteiger partial charge is 0.256 e. The van der Waals surface area contributed by atoms with Crippen LogP contribution in [0.25, 0.3) is 11.3 Å². The summed E-state index contributed by atoms with van der Waals surface area (Å²) in [6.07, 6.45) is 1.35. The summed E-state index contributed by atoms with van der Waals surface area (Å²) < 4.78 is 0. The van der Waals surface area contributed by atoms with Crippen molar-refractivity contribution in [1.82, 2.24) is 9.97 Å². The van der Waals surface area contributed by atoms with E-state index in [0.29, 0.717) is 24.2 Å². The molecule has 1 aromatic carbocycles. The van der Waals surface area contributed by atoms with E-state index in [4.69, 9.17) is 11.5 Å². The van der Waals surface area contributed by atoms with E-state index in [1.807, 2.05) is 30.3 Å². The van der Waals surface area contributed by atoms with Crippen LogP contribution < -0.4 is 17.0 Å². The van der Waals surface area contributed by atoms with Crippen LogP contribution in [0.3, 0.4) is 0 Å². The highest BCUT2D eigenvalue weighted by Gasteiger charge is 2.11. The maximum Gasteiger partial charge on any atom is 0.256 e. The van der Waals surface area contributed by atoms with Gasteiger partial charge in [-0.15, -0.1) is 12.4 Å². The predicted octanol–water partition coefficient (Wildman–Crippen LogP) is 1.33. The van der Waals surface area contributed by atoms with Gasteiger partial charge < -0.3 is 11.5 Å². The SMILES string of the molecule is Cl.NCCCc1c(-c2ccccc2)nc(N)[nH]c1=O. The minimum atomic E-state index is -0.185. The van der Waals surface area contributed by atoms with Gasteiger partial charge in [-0.2, -0.15) is 0 Å². The van der Waals surface area contributed by atoms with Crippen LogP contribution in [0.1, 0.15) is 12.0 Å². The van der Waals surface area contributed by atoms with Crippen LogP contribution >= 0.6 is 12.4 Å². The Balaban J connectivity index is 0.00000180. The van der Waals surface area contributed by atoms with E-state index in [1.165, 1.54) is 0 Å². The second-order valence-electron chi connectivity index (χ2n) is 4.04. The van der Waals surface area contributed by atoms with E-state index < -0.39 is 0 Å². The average Bonchev–Trinajstić information content (AvgIpc) is 2.38. The second-order valence-corrected chi connectivity index (χ2v) is 4.04. The van der Waals surface area contributed by atoms with Crippen molar-refractivity contribution in [3.63, 3.8) is 0 Å². The van der Waals surface area contributed by atoms with Crippen molar-refractivity contribution in [3.8, 4) is 11.3 Å². The number of aromatic amines is 1. The van der Waals surface area contributed by atoms with Crippen LogP contribution in [0.5, 0.6) is 0 Å². The average molecular weight is 281 g/mol. The normalized spacial score (nSPS) is 9.95. The number of nitrogen functional groups attached to an aromatic ring is 1. The van der Waals surface area contributed by atoms with Crippen LogP contribution in [0.4, 0.5) is 5.95 Å². The minimum absolute atomic E-state index is 0. The second kappa shape index (κ2) is 6.92. The molecule has 0 aliphatic rings. The zero-order valence-electron chi connectivity index (χ0n) is 10.4. The predicted molar refractivity (Wildman–Crippen MR) is 79.3 cm³/mol. The van der Waals surface area contributed by atoms with Crippen molar-refractivity contribution >= 4 is 18.4 Å². The number of hydrogen-bond donors (Lipinski definition) is 3. The molecule has 2 rings (SSSR count). The molecule has 2 aromatic rings. The molecule has 0 atom stereocenters. The highest BCUT2D eigenvalue weighted by molar-refractivity contribution is 5.85. The molecule has 0 radical (unpaired) electrons. The third kappa shape index (κ3) is 3.56. The highest BCUT2D eigenvalue weighted by atomic mass is 35.5. The quantitative estimate of drug-likeness (QED) is 0.787. The van der Waals surface area contributed by atoms with Crippen molar-refractivity contribution in [2.24, 2.45) is 5.73 Å². The van der Waals surface area contributed by atoms with Gasteiger partial charge in [0.1, 0.15) is 0 Å². The molecule has 0 aliphatic heterocycles. The molecule has 1 heterocycles. The Morgan fingerprint density at radius 2 is 1.89 bits per heavy atom. The summed E-state index contributed by atoms with van der Waals surface area (Å²) in [5.74, 6) is 0.135. The van der Waals surface area contributed by atoms with Crippen molar-refractivity contribution < 1.29 is 0 Å². The van der Waals surface area contributed by atoms with Gasteiger partial charge in [-0.25, -0.2) is 4.98 Å². The summed E-state index contributed by atoms with van der Waals surface area (Å²) in [6.45, 7) is 0.540. The standard InChI is InChI=1S/C13H16N4O.ClH/c14-8-4-7-10-11(9-5-2-1-3-6-9)16-13(15)17-12(10)18;/h1-3,5-6H,4,7-8,14H2,(H3,15,16,17,18);1H. The zero-order chi connectivity index (χ0) is 13.0. The fourth-order valence-electron chi connectivity index (χ4n) is 1.86. The number of nitrogens with one attached hydrogen (secondary N) is 1. The lowest BCUT2D eigenvalue weighted by Gasteiger charge is -2.08. The van der Waals surface area contributed by atoms with E-state index >= 15 is 0 Å². The number of nitrogens with zero attached hydrogens (tertiary/aromatic N) is 1. The van der Waals surface area contributed by atoms with Crippen LogP contribution in [0.2, 0.25) is 0 Å². The van der Waals surface area contributed by atoms with Crippen molar-refractivity contribution in [1.29, 1.82) is 0 Å². The molecule has 0 spiro atoms. The number of anilines is 1. The molecule has 0 aliphatic carbocycles. The van der Waals surface area contributed by atoms with E-state index in [-0.39, 0.29) is 23.9 Å². The Morgan fingerprint density at radius 1 is 1.21 bits per heavy atom. The topological polar surface area (TPSA) is 97.8 Å². The number of rotatable bonds is 4. The molecule has 0 saturated carbocycles. The Hall–Kier alpha value is -1.85. The van der Waals surface area contributed by atoms with E-state index in [0.717, 1.165) is 12.0 Å². The minimum Gasteiger partial charge on any atom is -0.369 e. The van der Waals surface area contributed by atoms with Gasteiger partial charge in [-0.1, -0.05) is 30.3 Å². The van der Waals surface area contributed by atoms with Gasteiger partial charge in [0.2, 0.25) is 5.95 Å². The molecule has 19 heavy (non-hydrogen) atoms. The maximum absolute atomic E-state index is 11.9. The molecule has 5 N–H and O–H groups in total. The van der Waals surface area contributed by atoms with Crippen LogP contribution in [0.15, 0.2) is 35.1 Å². The van der Waals surface area contributed by atoms with Crippen LogP contribution in [0, 0.1) is 0 Å². The molecule has 0 bridgehead atoms. The molecule has 5 nitrogen and oxygen atoms in total. The van der Waals surface area contributed by atoms with Gasteiger partial charge in [0, 0.05) is 11.1 Å². The van der Waals surface area contributed by atoms with Gasteiger partial charge in [0.05, 0.1) is 5.69 Å². The van der Waals surface area contributed by atoms with Gasteiger partial charge in [0.15, 0.2) is 0 Å². The number of aromatic nitrogens is 2. The molecule has 0 fully saturated rings. The Morgan fingerprint density at radius 3 is 2.53 bits per heavy atom. The summed E-state index contributed by atoms with van der Waals surface area (Å²) in [7, 11) is 0. The lowest BCUT2D eigenvalue weighted by atomic mass is 10.0. The first kappa shape index (κ1) is 15.2. The van der Waals surface area contributed by atoms with Gasteiger partial charge in [-0.05, 0) is 19.4 Å². The van der Waals surface area contributed by atoms with Crippen LogP contribution in [-0.2, 0) is 6.42 Å². The molecule has 102 valence electrons.